The Hall–Kier alpha value is -3.13. The Bertz CT molecular complexity index is 919. The van der Waals surface area contributed by atoms with E-state index in [9.17, 15) is 9.59 Å². The Labute approximate surface area is 189 Å². The van der Waals surface area contributed by atoms with E-state index >= 15 is 0 Å². The first-order valence-corrected chi connectivity index (χ1v) is 11.1. The van der Waals surface area contributed by atoms with E-state index in [0.29, 0.717) is 43.5 Å². The van der Waals surface area contributed by atoms with Crippen LogP contribution >= 0.6 is 0 Å². The molecule has 172 valence electrons. The summed E-state index contributed by atoms with van der Waals surface area (Å²) in [6.45, 7) is 6.10. The molecule has 0 aliphatic carbocycles. The average Bonchev–Trinajstić information content (AvgIpc) is 2.77. The topological polar surface area (TPSA) is 92.8 Å². The number of pyridine rings is 1. The average molecular weight is 441 g/mol. The molecule has 0 atom stereocenters. The van der Waals surface area contributed by atoms with Gasteiger partial charge in [-0.15, -0.1) is 0 Å². The highest BCUT2D eigenvalue weighted by atomic mass is 16.5. The second-order valence-electron chi connectivity index (χ2n) is 7.82. The van der Waals surface area contributed by atoms with Gasteiger partial charge in [-0.2, -0.15) is 0 Å². The number of anilines is 1. The standard InChI is InChI=1S/C24H32N4O4/c1-3-31-21-9-7-8-19-15-28(17-23(30)27-20-14-25-12-10-18(20)2)16-22(29)26-11-5-4-6-13-32-24(19)21/h7-10,12,14H,3-6,11,13,15-17H2,1-2H3,(H,26,29)(H,27,30). The van der Waals surface area contributed by atoms with Crippen molar-refractivity contribution >= 4 is 17.5 Å². The molecule has 0 saturated carbocycles. The molecule has 32 heavy (non-hydrogen) atoms. The van der Waals surface area contributed by atoms with Crippen molar-refractivity contribution in [2.45, 2.75) is 39.7 Å². The van der Waals surface area contributed by atoms with E-state index in [1.165, 1.54) is 0 Å². The molecule has 2 aromatic rings. The Kier molecular flexibility index (Phi) is 8.86. The zero-order valence-electron chi connectivity index (χ0n) is 18.9. The predicted molar refractivity (Wildman–Crippen MR) is 123 cm³/mol. The molecule has 0 fully saturated rings. The molecular formula is C24H32N4O4. The van der Waals surface area contributed by atoms with E-state index in [1.807, 2.05) is 43.0 Å². The minimum absolute atomic E-state index is 0.0556. The monoisotopic (exact) mass is 440 g/mol. The van der Waals surface area contributed by atoms with Crippen LogP contribution in [0.1, 0.15) is 37.3 Å². The number of aryl methyl sites for hydroxylation is 1. The van der Waals surface area contributed by atoms with Gasteiger partial charge in [0.15, 0.2) is 11.5 Å². The smallest absolute Gasteiger partial charge is 0.238 e. The summed E-state index contributed by atoms with van der Waals surface area (Å²) in [6, 6.07) is 7.58. The molecule has 2 heterocycles. The number of nitrogens with one attached hydrogen (secondary N) is 2. The molecule has 2 amide bonds. The summed E-state index contributed by atoms with van der Waals surface area (Å²) >= 11 is 0. The van der Waals surface area contributed by atoms with Crippen molar-refractivity contribution in [3.63, 3.8) is 0 Å². The van der Waals surface area contributed by atoms with E-state index in [0.717, 1.165) is 30.4 Å². The van der Waals surface area contributed by atoms with Gasteiger partial charge in [-0.05, 0) is 50.8 Å². The van der Waals surface area contributed by atoms with Crippen molar-refractivity contribution in [2.24, 2.45) is 0 Å². The molecule has 0 bridgehead atoms. The number of ether oxygens (including phenoxy) is 2. The van der Waals surface area contributed by atoms with Gasteiger partial charge in [0, 0.05) is 24.8 Å². The van der Waals surface area contributed by atoms with Crippen molar-refractivity contribution in [1.82, 2.24) is 15.2 Å². The summed E-state index contributed by atoms with van der Waals surface area (Å²) in [5.41, 5.74) is 2.47. The summed E-state index contributed by atoms with van der Waals surface area (Å²) in [5.74, 6) is 1.06. The van der Waals surface area contributed by atoms with Crippen molar-refractivity contribution in [1.29, 1.82) is 0 Å². The van der Waals surface area contributed by atoms with E-state index in [-0.39, 0.29) is 24.9 Å². The Morgan fingerprint density at radius 3 is 2.94 bits per heavy atom. The van der Waals surface area contributed by atoms with Crippen LogP contribution in [0, 0.1) is 6.92 Å². The van der Waals surface area contributed by atoms with Gasteiger partial charge in [-0.25, -0.2) is 0 Å². The highest BCUT2D eigenvalue weighted by Crippen LogP contribution is 2.32. The third-order valence-corrected chi connectivity index (χ3v) is 5.19. The predicted octanol–water partition coefficient (Wildman–Crippen LogP) is 2.91. The van der Waals surface area contributed by atoms with Crippen molar-refractivity contribution in [3.8, 4) is 11.5 Å². The fourth-order valence-corrected chi connectivity index (χ4v) is 3.58. The maximum atomic E-state index is 12.8. The van der Waals surface area contributed by atoms with Crippen LogP contribution in [0.3, 0.4) is 0 Å². The lowest BCUT2D eigenvalue weighted by atomic mass is 10.1. The SMILES string of the molecule is CCOc1cccc2c1OCCCCCNC(=O)CN(CC(=O)Nc1cnccc1C)C2. The van der Waals surface area contributed by atoms with Gasteiger partial charge in [-0.1, -0.05) is 12.1 Å². The van der Waals surface area contributed by atoms with Gasteiger partial charge in [0.25, 0.3) is 0 Å². The maximum absolute atomic E-state index is 12.8. The number of carbonyl (C=O) groups excluding carboxylic acids is 2. The number of para-hydroxylation sites is 1. The van der Waals surface area contributed by atoms with Crippen LogP contribution in [0.15, 0.2) is 36.7 Å². The molecule has 8 nitrogen and oxygen atoms in total. The largest absolute Gasteiger partial charge is 0.490 e. The summed E-state index contributed by atoms with van der Waals surface area (Å²) < 4.78 is 11.9. The first-order valence-electron chi connectivity index (χ1n) is 11.1. The molecule has 0 radical (unpaired) electrons. The third-order valence-electron chi connectivity index (χ3n) is 5.19. The fourth-order valence-electron chi connectivity index (χ4n) is 3.58. The summed E-state index contributed by atoms with van der Waals surface area (Å²) in [6.07, 6.45) is 6.05. The van der Waals surface area contributed by atoms with Crippen LogP contribution in [0.2, 0.25) is 0 Å². The van der Waals surface area contributed by atoms with Crippen molar-refractivity contribution in [3.05, 3.63) is 47.8 Å². The van der Waals surface area contributed by atoms with Crippen LogP contribution < -0.4 is 20.1 Å². The van der Waals surface area contributed by atoms with Crippen LogP contribution in [-0.4, -0.2) is 54.5 Å². The van der Waals surface area contributed by atoms with Crippen LogP contribution in [0.25, 0.3) is 0 Å². The van der Waals surface area contributed by atoms with Gasteiger partial charge < -0.3 is 20.1 Å². The number of benzene rings is 1. The highest BCUT2D eigenvalue weighted by Gasteiger charge is 2.20. The number of hydrogen-bond acceptors (Lipinski definition) is 6. The summed E-state index contributed by atoms with van der Waals surface area (Å²) in [5, 5.41) is 5.84. The lowest BCUT2D eigenvalue weighted by Gasteiger charge is -2.23. The molecule has 0 unspecified atom stereocenters. The first kappa shape index (κ1) is 23.5. The lowest BCUT2D eigenvalue weighted by Crippen LogP contribution is -2.41. The molecule has 1 aliphatic rings. The summed E-state index contributed by atoms with van der Waals surface area (Å²) in [4.78, 5) is 31.2. The number of carbonyl (C=O) groups is 2. The van der Waals surface area contributed by atoms with Crippen LogP contribution in [0.5, 0.6) is 11.5 Å². The Morgan fingerprint density at radius 1 is 1.25 bits per heavy atom. The number of rotatable bonds is 5. The number of amides is 2. The van der Waals surface area contributed by atoms with Crippen molar-refractivity contribution in [2.75, 3.05) is 38.2 Å². The zero-order valence-corrected chi connectivity index (χ0v) is 18.9. The first-order chi connectivity index (χ1) is 15.6. The molecule has 1 aliphatic heterocycles. The Balaban J connectivity index is 1.81. The lowest BCUT2D eigenvalue weighted by molar-refractivity contribution is -0.123. The van der Waals surface area contributed by atoms with E-state index < -0.39 is 0 Å². The minimum atomic E-state index is -0.207. The number of nitrogens with zero attached hydrogens (tertiary/aromatic N) is 2. The van der Waals surface area contributed by atoms with E-state index in [1.54, 1.807) is 12.4 Å². The van der Waals surface area contributed by atoms with E-state index in [4.69, 9.17) is 9.47 Å². The van der Waals surface area contributed by atoms with Crippen LogP contribution in [-0.2, 0) is 16.1 Å². The van der Waals surface area contributed by atoms with E-state index in [2.05, 4.69) is 15.6 Å². The minimum Gasteiger partial charge on any atom is -0.490 e. The normalized spacial score (nSPS) is 15.8. The van der Waals surface area contributed by atoms with Gasteiger partial charge in [0.05, 0.1) is 38.2 Å². The zero-order chi connectivity index (χ0) is 22.8. The molecule has 8 heteroatoms. The molecule has 0 spiro atoms. The molecule has 0 saturated heterocycles. The number of fused-ring (bicyclic) bond motifs is 1. The van der Waals surface area contributed by atoms with Crippen LogP contribution in [0.4, 0.5) is 5.69 Å². The van der Waals surface area contributed by atoms with Gasteiger partial charge >= 0.3 is 0 Å². The number of hydrogen-bond donors (Lipinski definition) is 2. The van der Waals surface area contributed by atoms with Gasteiger partial charge in [0.2, 0.25) is 11.8 Å². The molecule has 2 N–H and O–H groups in total. The highest BCUT2D eigenvalue weighted by molar-refractivity contribution is 5.93. The summed E-state index contributed by atoms with van der Waals surface area (Å²) in [7, 11) is 0. The molecule has 1 aromatic heterocycles. The fraction of sp³-hybridized carbons (Fsp3) is 0.458. The van der Waals surface area contributed by atoms with Crippen molar-refractivity contribution < 1.29 is 19.1 Å². The Morgan fingerprint density at radius 2 is 2.12 bits per heavy atom. The third kappa shape index (κ3) is 6.95. The maximum Gasteiger partial charge on any atom is 0.238 e. The second-order valence-corrected chi connectivity index (χ2v) is 7.82. The second kappa shape index (κ2) is 12.0. The molecule has 3 rings (SSSR count). The quantitative estimate of drug-likeness (QED) is 0.743. The molecular weight excluding hydrogens is 408 g/mol. The number of aromatic nitrogens is 1. The van der Waals surface area contributed by atoms with Gasteiger partial charge in [-0.3, -0.25) is 19.5 Å². The van der Waals surface area contributed by atoms with Gasteiger partial charge in [0.1, 0.15) is 0 Å². The molecule has 1 aromatic carbocycles.